The van der Waals surface area contributed by atoms with Crippen LogP contribution in [0.4, 0.5) is 0 Å². The molecule has 1 aliphatic heterocycles. The number of aromatic nitrogens is 4. The van der Waals surface area contributed by atoms with E-state index in [0.29, 0.717) is 13.2 Å². The summed E-state index contributed by atoms with van der Waals surface area (Å²) in [4.78, 5) is 4.63. The Hall–Kier alpha value is -5.09. The average Bonchev–Trinajstić information content (AvgIpc) is 4.19. The van der Waals surface area contributed by atoms with Crippen LogP contribution in [-0.2, 0) is 22.7 Å². The van der Waals surface area contributed by atoms with E-state index in [2.05, 4.69) is 175 Å². The summed E-state index contributed by atoms with van der Waals surface area (Å²) in [5.74, 6) is 0. The van der Waals surface area contributed by atoms with Gasteiger partial charge in [0, 0.05) is 15.3 Å². The predicted molar refractivity (Wildman–Crippen MR) is 265 cm³/mol. The van der Waals surface area contributed by atoms with Crippen molar-refractivity contribution in [2.45, 2.75) is 13.8 Å². The van der Waals surface area contributed by atoms with Gasteiger partial charge < -0.3 is 0 Å². The number of nitrogens with zero attached hydrogens (tertiary/aromatic N) is 4. The average molecular weight is 1070 g/mol. The van der Waals surface area contributed by atoms with Crippen LogP contribution in [0, 0.1) is 4.37 Å². The molecule has 1 aliphatic rings. The van der Waals surface area contributed by atoms with Gasteiger partial charge in [0.25, 0.3) is 0 Å². The van der Waals surface area contributed by atoms with E-state index < -0.39 is 7.26 Å². The summed E-state index contributed by atoms with van der Waals surface area (Å²) >= 11 is 7.84. The zero-order chi connectivity index (χ0) is 42.0. The summed E-state index contributed by atoms with van der Waals surface area (Å²) in [6.07, 6.45) is 13.3. The number of fused-ring (bicyclic) bond motifs is 5. The Kier molecular flexibility index (Phi) is 11.9. The van der Waals surface area contributed by atoms with Crippen molar-refractivity contribution in [2.24, 2.45) is 0 Å². The fourth-order valence-corrected chi connectivity index (χ4v) is 17.2. The summed E-state index contributed by atoms with van der Waals surface area (Å²) in [6.45, 7) is 5.33. The van der Waals surface area contributed by atoms with Gasteiger partial charge in [-0.15, -0.1) is 11.3 Å². The van der Waals surface area contributed by atoms with Crippen LogP contribution in [-0.4, -0.2) is 30.7 Å². The van der Waals surface area contributed by atoms with Gasteiger partial charge in [0.15, 0.2) is 0 Å². The van der Waals surface area contributed by atoms with Crippen molar-refractivity contribution in [2.75, 3.05) is 13.2 Å². The Balaban J connectivity index is 1.14. The number of thiophene rings is 2. The van der Waals surface area contributed by atoms with E-state index in [1.807, 2.05) is 24.9 Å². The van der Waals surface area contributed by atoms with E-state index in [1.54, 1.807) is 22.7 Å². The molecule has 0 atom stereocenters. The summed E-state index contributed by atoms with van der Waals surface area (Å²) in [6, 6.07) is 46.3. The first-order chi connectivity index (χ1) is 30.6. The third-order valence-corrected chi connectivity index (χ3v) is 19.8. The van der Waals surface area contributed by atoms with Gasteiger partial charge in [-0.1, -0.05) is 6.08 Å². The Morgan fingerprint density at radius 1 is 0.613 bits per heavy atom. The minimum atomic E-state index is -2.46. The fourth-order valence-electron chi connectivity index (χ4n) is 8.28. The molecule has 0 saturated carbocycles. The van der Waals surface area contributed by atoms with E-state index >= 15 is 0 Å². The van der Waals surface area contributed by atoms with Crippen LogP contribution in [0.5, 0.6) is 0 Å². The van der Waals surface area contributed by atoms with Crippen LogP contribution in [0.1, 0.15) is 23.6 Å². The van der Waals surface area contributed by atoms with Crippen molar-refractivity contribution in [1.82, 2.24) is 17.5 Å². The molecule has 0 N–H and O–H groups in total. The third kappa shape index (κ3) is 7.39. The number of hydrogen-bond acceptors (Lipinski definition) is 9. The van der Waals surface area contributed by atoms with Gasteiger partial charge in [-0.25, -0.2) is 0 Å². The molecule has 1 fully saturated rings. The number of benzene rings is 5. The van der Waals surface area contributed by atoms with Gasteiger partial charge >= 0.3 is 300 Å². The molecule has 5 aromatic carbocycles. The predicted octanol–water partition coefficient (Wildman–Crippen LogP) is 13.0. The monoisotopic (exact) mass is 1070 g/mol. The summed E-state index contributed by atoms with van der Waals surface area (Å²) in [5, 5.41) is 7.13. The van der Waals surface area contributed by atoms with E-state index in [9.17, 15) is 0 Å². The van der Waals surface area contributed by atoms with Crippen molar-refractivity contribution in [3.8, 4) is 25.3 Å². The van der Waals surface area contributed by atoms with E-state index in [-0.39, 0.29) is 0 Å². The van der Waals surface area contributed by atoms with Gasteiger partial charge in [0.1, 0.15) is 5.52 Å². The summed E-state index contributed by atoms with van der Waals surface area (Å²) < 4.78 is 29.4. The molecular weight excluding hydrogens is 1030 g/mol. The minimum absolute atomic E-state index is 0.570. The first-order valence-corrected chi connectivity index (χ1v) is 26.2. The topological polar surface area (TPSA) is 60.8 Å². The molecule has 0 aliphatic carbocycles. The molecule has 303 valence electrons. The third-order valence-electron chi connectivity index (χ3n) is 11.1. The van der Waals surface area contributed by atoms with Crippen LogP contribution in [0.2, 0.25) is 0 Å². The molecule has 0 unspecified atom stereocenters. The fraction of sp³-hybridized carbons (Fsp3) is 0.0784. The normalized spacial score (nSPS) is 15.3. The molecule has 5 heterocycles. The van der Waals surface area contributed by atoms with Crippen LogP contribution < -0.4 is 15.9 Å². The molecule has 5 nitrogen and oxygen atoms in total. The molecule has 9 aromatic rings. The number of rotatable bonds is 10. The van der Waals surface area contributed by atoms with Crippen LogP contribution in [0.25, 0.3) is 65.9 Å². The first kappa shape index (κ1) is 40.9. The second kappa shape index (κ2) is 17.9. The van der Waals surface area contributed by atoms with Crippen molar-refractivity contribution in [3.05, 3.63) is 183 Å². The van der Waals surface area contributed by atoms with Crippen molar-refractivity contribution < 1.29 is 22.7 Å². The zero-order valence-electron chi connectivity index (χ0n) is 33.6. The standard InChI is InChI=1S/C51H37N4OPS4.Os/c1-4-15-40-24-26-46(58-40)44-29-42-43(48-50(44)54-60-52-48)30-45(51-49(42)53-61-55-51)47-27-25-41(59-47)23-22-35(28-36-32-56-31-34(36)5-2)33(3)57(37-16-9-6-10-17-37,38-18-11-7-12-19-38)39-20-13-8-14-21-39;/h4-30H,31-32H2,1-2H3;/q+1;/b15-4+,23-22+,34-5?,35-33?,36-28?;. The molecule has 0 amide bonds. The van der Waals surface area contributed by atoms with E-state index in [0.717, 1.165) is 64.2 Å². The van der Waals surface area contributed by atoms with Crippen molar-refractivity contribution in [1.29, 1.82) is 0 Å². The first-order valence-electron chi connectivity index (χ1n) is 20.1. The van der Waals surface area contributed by atoms with Gasteiger partial charge in [-0.3, -0.25) is 0 Å². The van der Waals surface area contributed by atoms with Gasteiger partial charge in [0.05, 0.1) is 11.7 Å². The molecule has 4 aromatic heterocycles. The van der Waals surface area contributed by atoms with Crippen molar-refractivity contribution in [3.63, 3.8) is 0 Å². The Morgan fingerprint density at radius 3 is 1.58 bits per heavy atom. The Labute approximate surface area is 387 Å². The summed E-state index contributed by atoms with van der Waals surface area (Å²) in [5.41, 5.74) is 9.29. The summed E-state index contributed by atoms with van der Waals surface area (Å²) in [7, 11) is -2.46. The number of ether oxygens (including phenoxy) is 1. The SMILES string of the molecule is CC=C1COCC1=CC(/C=C/c1ccc(-c2cc3c(cc(-c4ccc(/C=C/C)s4)c4nsnc43)c3nsnc23)s1)=C([C]#[Os])[P+](c1ccccc1)(c1ccccc1)c1ccccc1. The molecule has 62 heavy (non-hydrogen) atoms. The zero-order valence-corrected chi connectivity index (χ0v) is 40.3. The van der Waals surface area contributed by atoms with E-state index in [1.165, 1.54) is 60.7 Å². The van der Waals surface area contributed by atoms with Gasteiger partial charge in [-0.2, -0.15) is 8.75 Å². The second-order valence-corrected chi connectivity index (χ2v) is 21.9. The number of allylic oxidation sites excluding steroid dienone is 6. The molecule has 0 radical (unpaired) electrons. The Morgan fingerprint density at radius 2 is 1.10 bits per heavy atom. The molecule has 1 saturated heterocycles. The quantitative estimate of drug-likeness (QED) is 0.101. The molecular formula is C51H37N4OOsPS4+. The van der Waals surface area contributed by atoms with Crippen LogP contribution in [0.15, 0.2) is 174 Å². The van der Waals surface area contributed by atoms with Gasteiger partial charge in [0.2, 0.25) is 0 Å². The van der Waals surface area contributed by atoms with Crippen LogP contribution in [0.3, 0.4) is 0 Å². The maximum atomic E-state index is 6.04. The molecule has 0 bridgehead atoms. The molecule has 0 spiro atoms. The van der Waals surface area contributed by atoms with Crippen LogP contribution >= 0.6 is 53.4 Å². The number of hydrogen-bond donors (Lipinski definition) is 0. The molecule has 10 rings (SSSR count). The van der Waals surface area contributed by atoms with Crippen molar-refractivity contribution >= 4 is 114 Å². The second-order valence-electron chi connectivity index (χ2n) is 14.6. The van der Waals surface area contributed by atoms with Gasteiger partial charge in [-0.05, 0) is 31.2 Å². The Bertz CT molecular complexity index is 3220. The maximum absolute atomic E-state index is 6.04. The van der Waals surface area contributed by atoms with E-state index in [4.69, 9.17) is 22.2 Å². The molecule has 11 heteroatoms.